The third kappa shape index (κ3) is 3.62. The highest BCUT2D eigenvalue weighted by Crippen LogP contribution is 2.22. The standard InChI is InChI=1S/C14H19ClN2O3/c15-12-2-1-10(9-13(12)16)14(19)17-5-3-11(4-6-17)20-8-7-18/h1-2,9,11,18H,3-8,16H2. The van der Waals surface area contributed by atoms with E-state index in [2.05, 4.69) is 0 Å². The number of hydrogen-bond acceptors (Lipinski definition) is 4. The summed E-state index contributed by atoms with van der Waals surface area (Å²) < 4.78 is 5.48. The van der Waals surface area contributed by atoms with E-state index in [9.17, 15) is 4.79 Å². The van der Waals surface area contributed by atoms with Crippen LogP contribution in [0.4, 0.5) is 5.69 Å². The number of rotatable bonds is 4. The van der Waals surface area contributed by atoms with E-state index < -0.39 is 0 Å². The first-order valence-corrected chi connectivity index (χ1v) is 7.06. The van der Waals surface area contributed by atoms with E-state index in [1.807, 2.05) is 0 Å². The van der Waals surface area contributed by atoms with Crippen molar-refractivity contribution in [3.63, 3.8) is 0 Å². The van der Waals surface area contributed by atoms with E-state index in [1.54, 1.807) is 23.1 Å². The Morgan fingerprint density at radius 1 is 1.45 bits per heavy atom. The maximum atomic E-state index is 12.3. The molecule has 1 heterocycles. The fourth-order valence-corrected chi connectivity index (χ4v) is 2.42. The number of likely N-dealkylation sites (tertiary alicyclic amines) is 1. The molecular weight excluding hydrogens is 280 g/mol. The average Bonchev–Trinajstić information content (AvgIpc) is 2.48. The van der Waals surface area contributed by atoms with Crippen LogP contribution in [0, 0.1) is 0 Å². The van der Waals surface area contributed by atoms with Gasteiger partial charge < -0.3 is 20.5 Å². The number of amides is 1. The molecule has 1 aliphatic heterocycles. The summed E-state index contributed by atoms with van der Waals surface area (Å²) >= 11 is 5.85. The summed E-state index contributed by atoms with van der Waals surface area (Å²) in [6.45, 7) is 1.68. The fourth-order valence-electron chi connectivity index (χ4n) is 2.30. The zero-order valence-electron chi connectivity index (χ0n) is 11.2. The van der Waals surface area contributed by atoms with E-state index >= 15 is 0 Å². The SMILES string of the molecule is Nc1cc(C(=O)N2CCC(OCCO)CC2)ccc1Cl. The molecule has 1 aromatic rings. The number of carbonyl (C=O) groups is 1. The number of halogens is 1. The second-order valence-electron chi connectivity index (χ2n) is 4.82. The van der Waals surface area contributed by atoms with Crippen LogP contribution in [0.5, 0.6) is 0 Å². The van der Waals surface area contributed by atoms with Gasteiger partial charge >= 0.3 is 0 Å². The lowest BCUT2D eigenvalue weighted by Gasteiger charge is -2.32. The highest BCUT2D eigenvalue weighted by molar-refractivity contribution is 6.33. The minimum atomic E-state index is -0.0334. The number of anilines is 1. The summed E-state index contributed by atoms with van der Waals surface area (Å²) in [6.07, 6.45) is 1.70. The second kappa shape index (κ2) is 6.92. The van der Waals surface area contributed by atoms with E-state index in [-0.39, 0.29) is 18.6 Å². The molecule has 1 amide bonds. The van der Waals surface area contributed by atoms with Crippen molar-refractivity contribution in [1.29, 1.82) is 0 Å². The van der Waals surface area contributed by atoms with Crippen LogP contribution in [0.1, 0.15) is 23.2 Å². The number of piperidine rings is 1. The Bertz CT molecular complexity index is 473. The number of aliphatic hydroxyl groups excluding tert-OH is 1. The third-order valence-corrected chi connectivity index (χ3v) is 3.76. The molecule has 6 heteroatoms. The van der Waals surface area contributed by atoms with E-state index in [1.165, 1.54) is 0 Å². The van der Waals surface area contributed by atoms with Crippen LogP contribution in [0.25, 0.3) is 0 Å². The Kier molecular flexibility index (Phi) is 5.23. The molecule has 0 bridgehead atoms. The third-order valence-electron chi connectivity index (χ3n) is 3.42. The molecule has 0 unspecified atom stereocenters. The van der Waals surface area contributed by atoms with Gasteiger partial charge in [-0.15, -0.1) is 0 Å². The minimum absolute atomic E-state index is 0.0309. The fraction of sp³-hybridized carbons (Fsp3) is 0.500. The van der Waals surface area contributed by atoms with Crippen LogP contribution in [0.3, 0.4) is 0 Å². The van der Waals surface area contributed by atoms with Crippen molar-refractivity contribution in [2.45, 2.75) is 18.9 Å². The van der Waals surface area contributed by atoms with Crippen LogP contribution >= 0.6 is 11.6 Å². The van der Waals surface area contributed by atoms with Gasteiger partial charge in [0.1, 0.15) is 0 Å². The molecule has 0 atom stereocenters. The van der Waals surface area contributed by atoms with Gasteiger partial charge in [0.25, 0.3) is 5.91 Å². The molecule has 20 heavy (non-hydrogen) atoms. The Labute approximate surface area is 123 Å². The quantitative estimate of drug-likeness (QED) is 0.827. The minimum Gasteiger partial charge on any atom is -0.398 e. The molecule has 0 radical (unpaired) electrons. The van der Waals surface area contributed by atoms with Crippen molar-refractivity contribution in [2.24, 2.45) is 0 Å². The largest absolute Gasteiger partial charge is 0.398 e. The van der Waals surface area contributed by atoms with Crippen molar-refractivity contribution in [2.75, 3.05) is 32.0 Å². The van der Waals surface area contributed by atoms with Gasteiger partial charge in [0, 0.05) is 18.7 Å². The molecule has 0 aromatic heterocycles. The molecule has 110 valence electrons. The Balaban J connectivity index is 1.92. The smallest absolute Gasteiger partial charge is 0.253 e. The molecule has 3 N–H and O–H groups in total. The number of nitrogens with zero attached hydrogens (tertiary/aromatic N) is 1. The number of aliphatic hydroxyl groups is 1. The number of nitrogens with two attached hydrogens (primary N) is 1. The normalized spacial score (nSPS) is 16.4. The second-order valence-corrected chi connectivity index (χ2v) is 5.23. The number of ether oxygens (including phenoxy) is 1. The van der Waals surface area contributed by atoms with Gasteiger partial charge in [0.15, 0.2) is 0 Å². The van der Waals surface area contributed by atoms with Gasteiger partial charge in [-0.2, -0.15) is 0 Å². The van der Waals surface area contributed by atoms with E-state index in [0.717, 1.165) is 12.8 Å². The van der Waals surface area contributed by atoms with E-state index in [4.69, 9.17) is 27.2 Å². The number of benzene rings is 1. The first-order chi connectivity index (χ1) is 9.61. The molecule has 0 aliphatic carbocycles. The van der Waals surface area contributed by atoms with Crippen LogP contribution in [-0.2, 0) is 4.74 Å². The van der Waals surface area contributed by atoms with Gasteiger partial charge in [-0.1, -0.05) is 11.6 Å². The molecule has 1 aliphatic rings. The topological polar surface area (TPSA) is 75.8 Å². The predicted molar refractivity (Wildman–Crippen MR) is 77.8 cm³/mol. The summed E-state index contributed by atoms with van der Waals surface area (Å²) in [4.78, 5) is 14.1. The maximum absolute atomic E-state index is 12.3. The summed E-state index contributed by atoms with van der Waals surface area (Å²) in [5, 5.41) is 9.18. The highest BCUT2D eigenvalue weighted by atomic mass is 35.5. The average molecular weight is 299 g/mol. The first kappa shape index (κ1) is 15.1. The molecule has 5 nitrogen and oxygen atoms in total. The lowest BCUT2D eigenvalue weighted by molar-refractivity contribution is -0.00554. The van der Waals surface area contributed by atoms with Gasteiger partial charge in [0.2, 0.25) is 0 Å². The maximum Gasteiger partial charge on any atom is 0.253 e. The molecule has 0 spiro atoms. The Morgan fingerprint density at radius 3 is 2.75 bits per heavy atom. The van der Waals surface area contributed by atoms with Gasteiger partial charge in [0.05, 0.1) is 30.0 Å². The van der Waals surface area contributed by atoms with Crippen LogP contribution in [0.15, 0.2) is 18.2 Å². The van der Waals surface area contributed by atoms with Gasteiger partial charge in [-0.05, 0) is 31.0 Å². The van der Waals surface area contributed by atoms with Crippen molar-refractivity contribution in [1.82, 2.24) is 4.90 Å². The number of hydrogen-bond donors (Lipinski definition) is 2. The van der Waals surface area contributed by atoms with Crippen molar-refractivity contribution >= 4 is 23.2 Å². The van der Waals surface area contributed by atoms with Crippen molar-refractivity contribution in [3.8, 4) is 0 Å². The highest BCUT2D eigenvalue weighted by Gasteiger charge is 2.24. The van der Waals surface area contributed by atoms with Gasteiger partial charge in [-0.25, -0.2) is 0 Å². The Hall–Kier alpha value is -1.30. The number of nitrogen functional groups attached to an aromatic ring is 1. The summed E-state index contributed by atoms with van der Waals surface area (Å²) in [5.74, 6) is -0.0334. The molecule has 1 aromatic carbocycles. The molecular formula is C14H19ClN2O3. The lowest BCUT2D eigenvalue weighted by atomic mass is 10.1. The van der Waals surface area contributed by atoms with Crippen molar-refractivity contribution < 1.29 is 14.6 Å². The first-order valence-electron chi connectivity index (χ1n) is 6.68. The number of carbonyl (C=O) groups excluding carboxylic acids is 1. The van der Waals surface area contributed by atoms with Crippen LogP contribution < -0.4 is 5.73 Å². The zero-order chi connectivity index (χ0) is 14.5. The van der Waals surface area contributed by atoms with Crippen LogP contribution in [-0.4, -0.2) is 48.3 Å². The summed E-state index contributed by atoms with van der Waals surface area (Å²) in [7, 11) is 0. The zero-order valence-corrected chi connectivity index (χ0v) is 12.0. The lowest BCUT2D eigenvalue weighted by Crippen LogP contribution is -2.41. The molecule has 1 fully saturated rings. The predicted octanol–water partition coefficient (Wildman–Crippen LogP) is 1.54. The Morgan fingerprint density at radius 2 is 2.15 bits per heavy atom. The molecule has 2 rings (SSSR count). The molecule has 0 saturated carbocycles. The summed E-state index contributed by atoms with van der Waals surface area (Å²) in [6, 6.07) is 4.94. The van der Waals surface area contributed by atoms with Crippen LogP contribution in [0.2, 0.25) is 5.02 Å². The van der Waals surface area contributed by atoms with E-state index in [0.29, 0.717) is 36.0 Å². The van der Waals surface area contributed by atoms with Crippen molar-refractivity contribution in [3.05, 3.63) is 28.8 Å². The monoisotopic (exact) mass is 298 g/mol. The summed E-state index contributed by atoms with van der Waals surface area (Å²) in [5.41, 5.74) is 6.69. The van der Waals surface area contributed by atoms with Gasteiger partial charge in [-0.3, -0.25) is 4.79 Å². The molecule has 1 saturated heterocycles.